The van der Waals surface area contributed by atoms with E-state index in [2.05, 4.69) is 0 Å². The minimum absolute atomic E-state index is 0.0475. The van der Waals surface area contributed by atoms with Crippen LogP contribution in [0.1, 0.15) is 50.0 Å². The van der Waals surface area contributed by atoms with Crippen molar-refractivity contribution in [2.45, 2.75) is 50.1 Å². The lowest BCUT2D eigenvalue weighted by atomic mass is 9.84. The third kappa shape index (κ3) is 2.12. The lowest BCUT2D eigenvalue weighted by molar-refractivity contribution is 0.419. The third-order valence-corrected chi connectivity index (χ3v) is 8.18. The van der Waals surface area contributed by atoms with Crippen molar-refractivity contribution in [2.75, 3.05) is 0 Å². The first-order valence-corrected chi connectivity index (χ1v) is 10.0. The molecule has 0 saturated heterocycles. The second-order valence-electron chi connectivity index (χ2n) is 6.84. The topological polar surface area (TPSA) is 77.8 Å². The molecule has 1 fully saturated rings. The maximum Gasteiger partial charge on any atom is 0.236 e. The molecule has 122 valence electrons. The third-order valence-electron chi connectivity index (χ3n) is 5.58. The number of rotatable bonds is 0. The molecule has 4 nitrogen and oxygen atoms in total. The Hall–Kier alpha value is -1.51. The Morgan fingerprint density at radius 1 is 0.913 bits per heavy atom. The minimum atomic E-state index is -3.72. The molecule has 0 spiro atoms. The molecule has 3 atom stereocenters. The molecule has 1 aliphatic carbocycles. The predicted molar refractivity (Wildman–Crippen MR) is 91.0 cm³/mol. The van der Waals surface area contributed by atoms with Crippen LogP contribution in [0.15, 0.2) is 24.3 Å². The number of benzene rings is 2. The number of phenols is 2. The Morgan fingerprint density at radius 2 is 1.57 bits per heavy atom. The van der Waals surface area contributed by atoms with Gasteiger partial charge in [-0.15, -0.1) is 0 Å². The first-order chi connectivity index (χ1) is 11.0. The maximum absolute atomic E-state index is 13.3. The van der Waals surface area contributed by atoms with Gasteiger partial charge >= 0.3 is 0 Å². The minimum Gasteiger partial charge on any atom is -0.507 e. The largest absolute Gasteiger partial charge is 0.507 e. The van der Waals surface area contributed by atoms with Gasteiger partial charge in [-0.3, -0.25) is 4.57 Å². The number of hydrogen-bond acceptors (Lipinski definition) is 3. The summed E-state index contributed by atoms with van der Waals surface area (Å²) in [6, 6.07) is 7.02. The molecule has 2 aliphatic rings. The van der Waals surface area contributed by atoms with Crippen LogP contribution in [0.5, 0.6) is 11.5 Å². The zero-order chi connectivity index (χ0) is 16.2. The SMILES string of the molecule is O=P1(O)c2c(c(O)c3ccccc3c2O)C2CCCCC1CC2. The average molecular weight is 332 g/mol. The molecule has 3 unspecified atom stereocenters. The number of phenolic OH excluding ortho intramolecular Hbond substituents is 2. The van der Waals surface area contributed by atoms with Crippen molar-refractivity contribution < 1.29 is 19.7 Å². The maximum atomic E-state index is 13.3. The molecular weight excluding hydrogens is 311 g/mol. The summed E-state index contributed by atoms with van der Waals surface area (Å²) >= 11 is 0. The Labute approximate surface area is 135 Å². The van der Waals surface area contributed by atoms with Gasteiger partial charge in [-0.25, -0.2) is 0 Å². The van der Waals surface area contributed by atoms with E-state index in [9.17, 15) is 19.7 Å². The molecule has 5 heteroatoms. The van der Waals surface area contributed by atoms with E-state index >= 15 is 0 Å². The smallest absolute Gasteiger partial charge is 0.236 e. The van der Waals surface area contributed by atoms with Crippen molar-refractivity contribution in [1.29, 1.82) is 0 Å². The van der Waals surface area contributed by atoms with Crippen molar-refractivity contribution in [2.24, 2.45) is 0 Å². The molecule has 3 N–H and O–H groups in total. The number of fused-ring (bicyclic) bond motifs is 6. The highest BCUT2D eigenvalue weighted by molar-refractivity contribution is 7.67. The zero-order valence-electron chi connectivity index (χ0n) is 12.9. The van der Waals surface area contributed by atoms with E-state index in [1.54, 1.807) is 24.3 Å². The van der Waals surface area contributed by atoms with E-state index < -0.39 is 7.37 Å². The highest BCUT2D eigenvalue weighted by Crippen LogP contribution is 2.59. The first-order valence-electron chi connectivity index (χ1n) is 8.31. The van der Waals surface area contributed by atoms with Gasteiger partial charge < -0.3 is 15.1 Å². The second-order valence-corrected chi connectivity index (χ2v) is 9.26. The average Bonchev–Trinajstić information content (AvgIpc) is 2.57. The highest BCUT2D eigenvalue weighted by atomic mass is 31.2. The number of aromatic hydroxyl groups is 2. The Morgan fingerprint density at radius 3 is 2.30 bits per heavy atom. The van der Waals surface area contributed by atoms with Gasteiger partial charge in [0, 0.05) is 22.0 Å². The van der Waals surface area contributed by atoms with Crippen LogP contribution in [0, 0.1) is 0 Å². The Bertz CT molecular complexity index is 829. The van der Waals surface area contributed by atoms with Crippen LogP contribution in [0.3, 0.4) is 0 Å². The summed E-state index contributed by atoms with van der Waals surface area (Å²) in [5.74, 6) is 0.0135. The van der Waals surface area contributed by atoms with E-state index in [1.165, 1.54) is 0 Å². The van der Waals surface area contributed by atoms with Crippen LogP contribution in [0.4, 0.5) is 0 Å². The van der Waals surface area contributed by atoms with Gasteiger partial charge in [-0.1, -0.05) is 37.1 Å². The first kappa shape index (κ1) is 15.0. The molecule has 1 heterocycles. The van der Waals surface area contributed by atoms with E-state index in [0.29, 0.717) is 29.2 Å². The molecule has 0 radical (unpaired) electrons. The highest BCUT2D eigenvalue weighted by Gasteiger charge is 2.44. The van der Waals surface area contributed by atoms with Gasteiger partial charge in [0.15, 0.2) is 0 Å². The van der Waals surface area contributed by atoms with Gasteiger partial charge in [0.2, 0.25) is 7.37 Å². The lowest BCUT2D eigenvalue weighted by Crippen LogP contribution is -2.18. The molecule has 0 aromatic heterocycles. The van der Waals surface area contributed by atoms with E-state index in [1.807, 2.05) is 0 Å². The summed E-state index contributed by atoms with van der Waals surface area (Å²) in [5.41, 5.74) is 0.217. The standard InChI is InChI=1S/C18H21O4P/c19-16-13-7-3-4-8-14(13)17(20)18-15(16)11-5-1-2-6-12(10-9-11)23(18,21)22/h3-4,7-8,11-12,19-20H,1-2,5-6,9-10H2,(H,21,22). The van der Waals surface area contributed by atoms with Crippen LogP contribution >= 0.6 is 7.37 Å². The fraction of sp³-hybridized carbons (Fsp3) is 0.444. The fourth-order valence-electron chi connectivity index (χ4n) is 4.39. The quantitative estimate of drug-likeness (QED) is 0.504. The van der Waals surface area contributed by atoms with Gasteiger partial charge in [0.25, 0.3) is 0 Å². The summed E-state index contributed by atoms with van der Waals surface area (Å²) in [5, 5.41) is 22.8. The van der Waals surface area contributed by atoms with E-state index in [0.717, 1.165) is 25.7 Å². The Balaban J connectivity index is 2.14. The van der Waals surface area contributed by atoms with Crippen LogP contribution in [0.25, 0.3) is 10.8 Å². The van der Waals surface area contributed by atoms with Gasteiger partial charge in [0.05, 0.1) is 5.30 Å². The lowest BCUT2D eigenvalue weighted by Gasteiger charge is -2.23. The summed E-state index contributed by atoms with van der Waals surface area (Å²) in [6.45, 7) is 0. The summed E-state index contributed by atoms with van der Waals surface area (Å²) in [4.78, 5) is 10.9. The summed E-state index contributed by atoms with van der Waals surface area (Å²) in [6.07, 6.45) is 5.02. The monoisotopic (exact) mass is 332 g/mol. The summed E-state index contributed by atoms with van der Waals surface area (Å²) < 4.78 is 13.3. The number of hydrogen-bond donors (Lipinski definition) is 3. The second kappa shape index (κ2) is 5.25. The normalized spacial score (nSPS) is 30.5. The van der Waals surface area contributed by atoms with Crippen LogP contribution in [0.2, 0.25) is 0 Å². The molecule has 2 bridgehead atoms. The predicted octanol–water partition coefficient (Wildman–Crippen LogP) is 3.97. The van der Waals surface area contributed by atoms with Crippen LogP contribution in [-0.4, -0.2) is 20.8 Å². The molecule has 23 heavy (non-hydrogen) atoms. The van der Waals surface area contributed by atoms with Crippen molar-refractivity contribution in [1.82, 2.24) is 0 Å². The molecule has 0 amide bonds. The molecule has 2 aromatic carbocycles. The summed E-state index contributed by atoms with van der Waals surface area (Å²) in [7, 11) is -3.72. The zero-order valence-corrected chi connectivity index (χ0v) is 13.8. The van der Waals surface area contributed by atoms with Gasteiger partial charge in [-0.2, -0.15) is 0 Å². The fourth-order valence-corrected chi connectivity index (χ4v) is 6.85. The molecule has 1 saturated carbocycles. The molecule has 2 aromatic rings. The van der Waals surface area contributed by atoms with E-state index in [-0.39, 0.29) is 28.4 Å². The van der Waals surface area contributed by atoms with Crippen molar-refractivity contribution in [3.8, 4) is 11.5 Å². The van der Waals surface area contributed by atoms with Crippen LogP contribution in [-0.2, 0) is 4.57 Å². The van der Waals surface area contributed by atoms with Crippen LogP contribution < -0.4 is 5.30 Å². The molecular formula is C18H21O4P. The van der Waals surface area contributed by atoms with Crippen molar-refractivity contribution in [3.63, 3.8) is 0 Å². The van der Waals surface area contributed by atoms with E-state index in [4.69, 9.17) is 0 Å². The van der Waals surface area contributed by atoms with Crippen molar-refractivity contribution in [3.05, 3.63) is 29.8 Å². The van der Waals surface area contributed by atoms with Crippen molar-refractivity contribution >= 4 is 23.4 Å². The van der Waals surface area contributed by atoms with Gasteiger partial charge in [0.1, 0.15) is 11.5 Å². The van der Waals surface area contributed by atoms with Gasteiger partial charge in [-0.05, 0) is 31.6 Å². The molecule has 4 rings (SSSR count). The Kier molecular flexibility index (Phi) is 3.44. The molecule has 1 aliphatic heterocycles.